The average Bonchev–Trinajstić information content (AvgIpc) is 2.86. The van der Waals surface area contributed by atoms with Crippen LogP contribution in [-0.2, 0) is 9.59 Å². The summed E-state index contributed by atoms with van der Waals surface area (Å²) < 4.78 is 1.47. The fourth-order valence-corrected chi connectivity index (χ4v) is 4.29. The zero-order valence-electron chi connectivity index (χ0n) is 14.5. The van der Waals surface area contributed by atoms with Crippen LogP contribution in [0.25, 0.3) is 6.08 Å². The monoisotopic (exact) mass is 456 g/mol. The molecule has 26 heavy (non-hydrogen) atoms. The van der Waals surface area contributed by atoms with Crippen molar-refractivity contribution >= 4 is 62.1 Å². The van der Waals surface area contributed by atoms with E-state index in [1.165, 1.54) is 11.8 Å². The number of aliphatic hydroxyl groups excluding tert-OH is 1. The van der Waals surface area contributed by atoms with Gasteiger partial charge >= 0.3 is 0 Å². The minimum atomic E-state index is -0.116. The Kier molecular flexibility index (Phi) is 8.27. The molecule has 1 aliphatic rings. The van der Waals surface area contributed by atoms with Gasteiger partial charge in [0.1, 0.15) is 4.32 Å². The summed E-state index contributed by atoms with van der Waals surface area (Å²) in [4.78, 5) is 28.4. The highest BCUT2D eigenvalue weighted by Gasteiger charge is 2.31. The highest BCUT2D eigenvalue weighted by molar-refractivity contribution is 9.10. The third kappa shape index (κ3) is 5.64. The molecule has 1 saturated heterocycles. The molecule has 1 heterocycles. The summed E-state index contributed by atoms with van der Waals surface area (Å²) in [5.74, 6) is -0.133. The number of thiocarbonyl (C=S) groups is 1. The highest BCUT2D eigenvalue weighted by Crippen LogP contribution is 2.33. The van der Waals surface area contributed by atoms with Crippen LogP contribution >= 0.6 is 39.9 Å². The number of benzene rings is 1. The predicted octanol–water partition coefficient (Wildman–Crippen LogP) is 3.27. The quantitative estimate of drug-likeness (QED) is 0.480. The first-order chi connectivity index (χ1) is 12.5. The lowest BCUT2D eigenvalue weighted by Gasteiger charge is -2.20. The molecule has 8 heteroatoms. The largest absolute Gasteiger partial charge is 0.395 e. The number of thioether (sulfide) groups is 1. The van der Waals surface area contributed by atoms with Crippen molar-refractivity contribution in [1.29, 1.82) is 0 Å². The minimum absolute atomic E-state index is 0.0170. The molecule has 1 aromatic carbocycles. The van der Waals surface area contributed by atoms with Crippen molar-refractivity contribution in [3.63, 3.8) is 0 Å². The summed E-state index contributed by atoms with van der Waals surface area (Å²) in [5.41, 5.74) is 0.928. The minimum Gasteiger partial charge on any atom is -0.395 e. The second-order valence-electron chi connectivity index (χ2n) is 5.69. The van der Waals surface area contributed by atoms with E-state index in [2.05, 4.69) is 15.9 Å². The fourth-order valence-electron chi connectivity index (χ4n) is 2.57. The Morgan fingerprint density at radius 2 is 2.23 bits per heavy atom. The molecular weight excluding hydrogens is 436 g/mol. The van der Waals surface area contributed by atoms with Crippen molar-refractivity contribution in [2.75, 3.05) is 26.2 Å². The number of hydrogen-bond acceptors (Lipinski definition) is 5. The number of aliphatic hydroxyl groups is 1. The van der Waals surface area contributed by atoms with E-state index in [0.29, 0.717) is 41.7 Å². The van der Waals surface area contributed by atoms with Gasteiger partial charge in [-0.15, -0.1) is 0 Å². The lowest BCUT2D eigenvalue weighted by molar-refractivity contribution is -0.132. The lowest BCUT2D eigenvalue weighted by atomic mass is 10.2. The molecule has 0 aliphatic carbocycles. The van der Waals surface area contributed by atoms with E-state index in [1.807, 2.05) is 37.3 Å². The van der Waals surface area contributed by atoms with Crippen LogP contribution in [0.15, 0.2) is 33.6 Å². The van der Waals surface area contributed by atoms with Crippen molar-refractivity contribution in [3.8, 4) is 0 Å². The molecule has 5 nitrogen and oxygen atoms in total. The summed E-state index contributed by atoms with van der Waals surface area (Å²) >= 11 is 10.0. The smallest absolute Gasteiger partial charge is 0.266 e. The molecule has 1 fully saturated rings. The van der Waals surface area contributed by atoms with Crippen molar-refractivity contribution in [2.24, 2.45) is 0 Å². The second-order valence-corrected chi connectivity index (χ2v) is 8.28. The van der Waals surface area contributed by atoms with E-state index in [0.717, 1.165) is 10.0 Å². The summed E-state index contributed by atoms with van der Waals surface area (Å²) in [6, 6.07) is 7.70. The standard InChI is InChI=1S/C18H21BrN2O3S2/c1-2-20(9-10-22)16(23)7-4-8-21-17(24)15(26-18(21)25)12-13-5-3-6-14(19)11-13/h3,5-6,11-12,22H,2,4,7-10H2,1H3/b15-12-. The van der Waals surface area contributed by atoms with Crippen LogP contribution in [0.3, 0.4) is 0 Å². The van der Waals surface area contributed by atoms with Gasteiger partial charge in [-0.3, -0.25) is 14.5 Å². The predicted molar refractivity (Wildman–Crippen MR) is 113 cm³/mol. The van der Waals surface area contributed by atoms with E-state index in [-0.39, 0.29) is 18.4 Å². The van der Waals surface area contributed by atoms with Crippen LogP contribution in [0.2, 0.25) is 0 Å². The number of likely N-dealkylation sites (N-methyl/N-ethyl adjacent to an activating group) is 1. The van der Waals surface area contributed by atoms with Gasteiger partial charge in [0.25, 0.3) is 5.91 Å². The zero-order chi connectivity index (χ0) is 19.1. The first-order valence-electron chi connectivity index (χ1n) is 8.35. The third-order valence-electron chi connectivity index (χ3n) is 3.90. The normalized spacial score (nSPS) is 15.8. The van der Waals surface area contributed by atoms with Gasteiger partial charge in [-0.2, -0.15) is 0 Å². The van der Waals surface area contributed by atoms with E-state index >= 15 is 0 Å². The lowest BCUT2D eigenvalue weighted by Crippen LogP contribution is -2.34. The molecule has 0 atom stereocenters. The van der Waals surface area contributed by atoms with Gasteiger partial charge in [0.2, 0.25) is 5.91 Å². The molecule has 2 rings (SSSR count). The SMILES string of the molecule is CCN(CCO)C(=O)CCCN1C(=O)/C(=C/c2cccc(Br)c2)SC1=S. The molecule has 0 aromatic heterocycles. The van der Waals surface area contributed by atoms with Gasteiger partial charge in [-0.05, 0) is 37.1 Å². The molecule has 0 unspecified atom stereocenters. The van der Waals surface area contributed by atoms with Gasteiger partial charge in [0.15, 0.2) is 0 Å². The molecular formula is C18H21BrN2O3S2. The van der Waals surface area contributed by atoms with Gasteiger partial charge in [0.05, 0.1) is 11.5 Å². The number of carbonyl (C=O) groups is 2. The summed E-state index contributed by atoms with van der Waals surface area (Å²) in [5, 5.41) is 8.98. The molecule has 0 saturated carbocycles. The van der Waals surface area contributed by atoms with Crippen LogP contribution in [0.4, 0.5) is 0 Å². The molecule has 1 aliphatic heterocycles. The van der Waals surface area contributed by atoms with E-state index in [4.69, 9.17) is 17.3 Å². The fraction of sp³-hybridized carbons (Fsp3) is 0.389. The van der Waals surface area contributed by atoms with Crippen molar-refractivity contribution in [3.05, 3.63) is 39.2 Å². The number of halogens is 1. The molecule has 0 spiro atoms. The van der Waals surface area contributed by atoms with E-state index < -0.39 is 0 Å². The Labute approximate surface area is 171 Å². The number of carbonyl (C=O) groups excluding carboxylic acids is 2. The first-order valence-corrected chi connectivity index (χ1v) is 10.4. The van der Waals surface area contributed by atoms with Crippen molar-refractivity contribution in [1.82, 2.24) is 9.80 Å². The summed E-state index contributed by atoms with van der Waals surface area (Å²) in [7, 11) is 0. The average molecular weight is 457 g/mol. The van der Waals surface area contributed by atoms with E-state index in [1.54, 1.807) is 9.80 Å². The summed E-state index contributed by atoms with van der Waals surface area (Å²) in [6.07, 6.45) is 2.70. The van der Waals surface area contributed by atoms with Crippen LogP contribution in [0.5, 0.6) is 0 Å². The Balaban J connectivity index is 1.94. The number of rotatable bonds is 8. The second kappa shape index (κ2) is 10.2. The Hall–Kier alpha value is -1.22. The molecule has 2 amide bonds. The Bertz CT molecular complexity index is 724. The van der Waals surface area contributed by atoms with Crippen LogP contribution in [-0.4, -0.2) is 57.3 Å². The molecule has 1 aromatic rings. The Morgan fingerprint density at radius 1 is 1.46 bits per heavy atom. The van der Waals surface area contributed by atoms with Crippen LogP contribution in [0.1, 0.15) is 25.3 Å². The number of hydrogen-bond donors (Lipinski definition) is 1. The van der Waals surface area contributed by atoms with Gasteiger partial charge in [0, 0.05) is 30.5 Å². The van der Waals surface area contributed by atoms with E-state index in [9.17, 15) is 9.59 Å². The zero-order valence-corrected chi connectivity index (χ0v) is 17.7. The third-order valence-corrected chi connectivity index (χ3v) is 5.77. The Morgan fingerprint density at radius 3 is 2.88 bits per heavy atom. The summed E-state index contributed by atoms with van der Waals surface area (Å²) in [6.45, 7) is 3.15. The van der Waals surface area contributed by atoms with Crippen LogP contribution < -0.4 is 0 Å². The van der Waals surface area contributed by atoms with Gasteiger partial charge in [-0.1, -0.05) is 52.0 Å². The van der Waals surface area contributed by atoms with Gasteiger partial charge < -0.3 is 10.0 Å². The van der Waals surface area contributed by atoms with Crippen molar-refractivity contribution < 1.29 is 14.7 Å². The number of nitrogens with zero attached hydrogens (tertiary/aromatic N) is 2. The molecule has 1 N–H and O–H groups in total. The highest BCUT2D eigenvalue weighted by atomic mass is 79.9. The topological polar surface area (TPSA) is 60.9 Å². The van der Waals surface area contributed by atoms with Gasteiger partial charge in [-0.25, -0.2) is 0 Å². The maximum absolute atomic E-state index is 12.6. The molecule has 0 radical (unpaired) electrons. The van der Waals surface area contributed by atoms with Crippen molar-refractivity contribution in [2.45, 2.75) is 19.8 Å². The van der Waals surface area contributed by atoms with Crippen LogP contribution in [0, 0.1) is 0 Å². The first kappa shape index (κ1) is 21.1. The maximum atomic E-state index is 12.6. The molecule has 0 bridgehead atoms. The maximum Gasteiger partial charge on any atom is 0.266 e. The molecule has 140 valence electrons. The number of amides is 2.